The zero-order valence-corrected chi connectivity index (χ0v) is 11.4. The van der Waals surface area contributed by atoms with Gasteiger partial charge in [-0.2, -0.15) is 0 Å². The van der Waals surface area contributed by atoms with Gasteiger partial charge in [-0.15, -0.1) is 0 Å². The maximum Gasteiger partial charge on any atom is 0.303 e. The van der Waals surface area contributed by atoms with Crippen LogP contribution in [0.25, 0.3) is 0 Å². The van der Waals surface area contributed by atoms with Crippen LogP contribution in [0.2, 0.25) is 0 Å². The fourth-order valence-electron chi connectivity index (χ4n) is 2.22. The monoisotopic (exact) mass is 279 g/mol. The largest absolute Gasteiger partial charge is 0.481 e. The number of rotatable bonds is 10. The highest BCUT2D eigenvalue weighted by Gasteiger charge is 2.42. The second kappa shape index (κ2) is 6.61. The van der Waals surface area contributed by atoms with E-state index in [2.05, 4.69) is 0 Å². The van der Waals surface area contributed by atoms with E-state index in [1.54, 1.807) is 0 Å². The summed E-state index contributed by atoms with van der Waals surface area (Å²) in [4.78, 5) is 12.2. The molecule has 1 saturated carbocycles. The van der Waals surface area contributed by atoms with Gasteiger partial charge in [0.05, 0.1) is 6.42 Å². The van der Waals surface area contributed by atoms with Crippen LogP contribution in [0.3, 0.4) is 0 Å². The minimum atomic E-state index is -2.90. The van der Waals surface area contributed by atoms with Gasteiger partial charge in [0.25, 0.3) is 0 Å². The van der Waals surface area contributed by atoms with Crippen LogP contribution in [-0.4, -0.2) is 53.7 Å². The Morgan fingerprint density at radius 2 is 2.00 bits per heavy atom. The molecular weight excluding hydrogens is 256 g/mol. The first-order valence-corrected chi connectivity index (χ1v) is 6.68. The van der Waals surface area contributed by atoms with E-state index in [1.807, 2.05) is 11.9 Å². The maximum atomic E-state index is 13.3. The number of halogens is 2. The number of aliphatic hydroxyl groups excluding tert-OH is 1. The van der Waals surface area contributed by atoms with Crippen LogP contribution in [0.15, 0.2) is 0 Å². The maximum absolute atomic E-state index is 13.3. The Balaban J connectivity index is 2.16. The third-order valence-corrected chi connectivity index (χ3v) is 3.68. The van der Waals surface area contributed by atoms with Gasteiger partial charge in [-0.05, 0) is 32.9 Å². The Labute approximate surface area is 112 Å². The molecular formula is C13H23F2NO3. The predicted molar refractivity (Wildman–Crippen MR) is 67.3 cm³/mol. The molecule has 0 aliphatic heterocycles. The molecule has 0 heterocycles. The number of hydrogen-bond donors (Lipinski definition) is 2. The van der Waals surface area contributed by atoms with Gasteiger partial charge in [0.15, 0.2) is 0 Å². The lowest BCUT2D eigenvalue weighted by molar-refractivity contribution is -0.139. The number of carboxylic acids is 1. The molecule has 112 valence electrons. The zero-order valence-electron chi connectivity index (χ0n) is 11.4. The number of carboxylic acid groups (broad SMARTS) is 1. The van der Waals surface area contributed by atoms with E-state index in [-0.39, 0.29) is 18.4 Å². The normalized spacial score (nSPS) is 17.7. The smallest absolute Gasteiger partial charge is 0.303 e. The number of hydrogen-bond acceptors (Lipinski definition) is 3. The molecule has 0 unspecified atom stereocenters. The third-order valence-electron chi connectivity index (χ3n) is 3.68. The predicted octanol–water partition coefficient (Wildman–Crippen LogP) is 1.97. The van der Waals surface area contributed by atoms with Crippen molar-refractivity contribution in [2.75, 3.05) is 26.7 Å². The van der Waals surface area contributed by atoms with Crippen molar-refractivity contribution >= 4 is 5.97 Å². The minimum Gasteiger partial charge on any atom is -0.481 e. The second-order valence-corrected chi connectivity index (χ2v) is 5.75. The lowest BCUT2D eigenvalue weighted by Crippen LogP contribution is -2.30. The van der Waals surface area contributed by atoms with Crippen LogP contribution in [0, 0.1) is 5.41 Å². The Kier molecular flexibility index (Phi) is 5.67. The van der Waals surface area contributed by atoms with E-state index in [0.717, 1.165) is 19.4 Å². The van der Waals surface area contributed by atoms with Crippen molar-refractivity contribution in [1.29, 1.82) is 0 Å². The van der Waals surface area contributed by atoms with Crippen LogP contribution in [0.5, 0.6) is 0 Å². The summed E-state index contributed by atoms with van der Waals surface area (Å²) in [7, 11) is 1.87. The van der Waals surface area contributed by atoms with Crippen molar-refractivity contribution in [3.8, 4) is 0 Å². The standard InChI is InChI=1S/C13H23F2NO3/c1-16(9-12(10-17)6-7-12)8-2-4-13(14,15)5-3-11(18)19/h17H,2-10H2,1H3,(H,18,19). The van der Waals surface area contributed by atoms with E-state index in [4.69, 9.17) is 5.11 Å². The van der Waals surface area contributed by atoms with Crippen molar-refractivity contribution in [2.24, 2.45) is 5.41 Å². The van der Waals surface area contributed by atoms with Gasteiger partial charge in [0.2, 0.25) is 5.92 Å². The van der Waals surface area contributed by atoms with E-state index in [0.29, 0.717) is 13.0 Å². The van der Waals surface area contributed by atoms with Gasteiger partial charge < -0.3 is 15.1 Å². The highest BCUT2D eigenvalue weighted by atomic mass is 19.3. The average Bonchev–Trinajstić information content (AvgIpc) is 3.07. The fourth-order valence-corrected chi connectivity index (χ4v) is 2.22. The molecule has 0 amide bonds. The van der Waals surface area contributed by atoms with Crippen LogP contribution in [0.4, 0.5) is 8.78 Å². The van der Waals surface area contributed by atoms with Gasteiger partial charge in [-0.3, -0.25) is 4.79 Å². The number of nitrogens with zero attached hydrogens (tertiary/aromatic N) is 1. The van der Waals surface area contributed by atoms with Crippen molar-refractivity contribution < 1.29 is 23.8 Å². The number of aliphatic hydroxyl groups is 1. The minimum absolute atomic E-state index is 0.000571. The lowest BCUT2D eigenvalue weighted by atomic mass is 10.1. The quantitative estimate of drug-likeness (QED) is 0.642. The molecule has 0 aromatic heterocycles. The first-order chi connectivity index (χ1) is 8.79. The van der Waals surface area contributed by atoms with Crippen LogP contribution in [-0.2, 0) is 4.79 Å². The Morgan fingerprint density at radius 1 is 1.37 bits per heavy atom. The van der Waals surface area contributed by atoms with Crippen LogP contribution < -0.4 is 0 Å². The van der Waals surface area contributed by atoms with Crippen molar-refractivity contribution in [3.05, 3.63) is 0 Å². The average molecular weight is 279 g/mol. The zero-order chi connectivity index (χ0) is 14.5. The van der Waals surface area contributed by atoms with E-state index >= 15 is 0 Å². The molecule has 1 aliphatic carbocycles. The summed E-state index contributed by atoms with van der Waals surface area (Å²) in [5.74, 6) is -4.08. The molecule has 0 spiro atoms. The van der Waals surface area contributed by atoms with Crippen molar-refractivity contribution in [3.63, 3.8) is 0 Å². The molecule has 0 saturated heterocycles. The molecule has 1 aliphatic rings. The van der Waals surface area contributed by atoms with Crippen molar-refractivity contribution in [2.45, 2.75) is 44.4 Å². The molecule has 1 fully saturated rings. The lowest BCUT2D eigenvalue weighted by Gasteiger charge is -2.23. The molecule has 2 N–H and O–H groups in total. The van der Waals surface area contributed by atoms with E-state index in [1.165, 1.54) is 0 Å². The Morgan fingerprint density at radius 3 is 2.47 bits per heavy atom. The Bertz CT molecular complexity index is 306. The Hall–Kier alpha value is -0.750. The summed E-state index contributed by atoms with van der Waals surface area (Å²) in [5.41, 5.74) is 0.000571. The highest BCUT2D eigenvalue weighted by molar-refractivity contribution is 5.66. The first-order valence-electron chi connectivity index (χ1n) is 6.68. The summed E-state index contributed by atoms with van der Waals surface area (Å²) < 4.78 is 26.7. The third kappa shape index (κ3) is 6.29. The fraction of sp³-hybridized carbons (Fsp3) is 0.923. The SMILES string of the molecule is CN(CCCC(F)(F)CCC(=O)O)CC1(CO)CC1. The highest BCUT2D eigenvalue weighted by Crippen LogP contribution is 2.45. The summed E-state index contributed by atoms with van der Waals surface area (Å²) in [5, 5.41) is 17.6. The summed E-state index contributed by atoms with van der Waals surface area (Å²) in [6, 6.07) is 0. The van der Waals surface area contributed by atoms with Gasteiger partial charge in [0.1, 0.15) is 0 Å². The topological polar surface area (TPSA) is 60.8 Å². The van der Waals surface area contributed by atoms with Gasteiger partial charge in [-0.1, -0.05) is 0 Å². The molecule has 0 radical (unpaired) electrons. The molecule has 19 heavy (non-hydrogen) atoms. The first kappa shape index (κ1) is 16.3. The summed E-state index contributed by atoms with van der Waals surface area (Å²) in [6.45, 7) is 1.45. The number of carbonyl (C=O) groups is 1. The summed E-state index contributed by atoms with van der Waals surface area (Å²) in [6.07, 6.45) is 0.982. The molecule has 0 bridgehead atoms. The van der Waals surface area contributed by atoms with Crippen LogP contribution >= 0.6 is 0 Å². The summed E-state index contributed by atoms with van der Waals surface area (Å²) >= 11 is 0. The van der Waals surface area contributed by atoms with Gasteiger partial charge in [0, 0.05) is 31.4 Å². The van der Waals surface area contributed by atoms with Crippen molar-refractivity contribution in [1.82, 2.24) is 4.90 Å². The van der Waals surface area contributed by atoms with Gasteiger partial charge in [-0.25, -0.2) is 8.78 Å². The van der Waals surface area contributed by atoms with E-state index < -0.39 is 24.7 Å². The molecule has 0 aromatic carbocycles. The van der Waals surface area contributed by atoms with Gasteiger partial charge >= 0.3 is 5.97 Å². The second-order valence-electron chi connectivity index (χ2n) is 5.75. The molecule has 0 atom stereocenters. The van der Waals surface area contributed by atoms with E-state index in [9.17, 15) is 18.7 Å². The number of aliphatic carboxylic acids is 1. The molecule has 6 heteroatoms. The molecule has 4 nitrogen and oxygen atoms in total. The molecule has 1 rings (SSSR count). The number of alkyl halides is 2. The molecule has 0 aromatic rings. The van der Waals surface area contributed by atoms with Crippen LogP contribution in [0.1, 0.15) is 38.5 Å².